The number of carbonyl (C=O) groups is 1. The zero-order chi connectivity index (χ0) is 16.6. The highest BCUT2D eigenvalue weighted by molar-refractivity contribution is 9.10. The van der Waals surface area contributed by atoms with Gasteiger partial charge in [-0.3, -0.25) is 14.8 Å². The van der Waals surface area contributed by atoms with Crippen molar-refractivity contribution in [2.75, 3.05) is 5.32 Å². The topological polar surface area (TPSA) is 54.9 Å². The molecule has 0 bridgehead atoms. The fourth-order valence-electron chi connectivity index (χ4n) is 2.37. The van der Waals surface area contributed by atoms with Crippen LogP contribution in [0.4, 0.5) is 5.69 Å². The van der Waals surface area contributed by atoms with Crippen molar-refractivity contribution >= 4 is 50.0 Å². The van der Waals surface area contributed by atoms with Crippen molar-refractivity contribution in [1.82, 2.24) is 9.97 Å². The van der Waals surface area contributed by atoms with Crippen LogP contribution in [-0.4, -0.2) is 15.9 Å². The monoisotopic (exact) mass is 389 g/mol. The molecule has 3 rings (SSSR count). The lowest BCUT2D eigenvalue weighted by atomic mass is 10.1. The van der Waals surface area contributed by atoms with Crippen LogP contribution < -0.4 is 5.32 Å². The van der Waals surface area contributed by atoms with E-state index >= 15 is 0 Å². The summed E-state index contributed by atoms with van der Waals surface area (Å²) in [6, 6.07) is 7.25. The van der Waals surface area contributed by atoms with Crippen LogP contribution in [0.15, 0.2) is 41.1 Å². The third-order valence-electron chi connectivity index (χ3n) is 3.51. The highest BCUT2D eigenvalue weighted by Gasteiger charge is 2.12. The molecule has 0 atom stereocenters. The summed E-state index contributed by atoms with van der Waals surface area (Å²) in [5.41, 5.74) is 3.68. The minimum absolute atomic E-state index is 0.224. The molecule has 0 saturated heterocycles. The van der Waals surface area contributed by atoms with E-state index in [1.54, 1.807) is 12.3 Å². The van der Waals surface area contributed by atoms with Crippen molar-refractivity contribution < 1.29 is 4.79 Å². The fourth-order valence-corrected chi connectivity index (χ4v) is 2.88. The Morgan fingerprint density at radius 3 is 2.74 bits per heavy atom. The Morgan fingerprint density at radius 1 is 1.22 bits per heavy atom. The van der Waals surface area contributed by atoms with Crippen LogP contribution >= 0.6 is 27.5 Å². The molecule has 0 fully saturated rings. The normalized spacial score (nSPS) is 10.8. The summed E-state index contributed by atoms with van der Waals surface area (Å²) in [4.78, 5) is 21.0. The predicted octanol–water partition coefficient (Wildman–Crippen LogP) is 4.91. The third kappa shape index (κ3) is 3.21. The summed E-state index contributed by atoms with van der Waals surface area (Å²) in [5, 5.41) is 4.45. The Labute approximate surface area is 147 Å². The molecule has 116 valence electrons. The number of nitrogens with zero attached hydrogens (tertiary/aromatic N) is 2. The summed E-state index contributed by atoms with van der Waals surface area (Å²) in [6.07, 6.45) is 3.16. The van der Waals surface area contributed by atoms with Gasteiger partial charge in [0.05, 0.1) is 16.8 Å². The molecule has 6 heteroatoms. The number of benzene rings is 1. The predicted molar refractivity (Wildman–Crippen MR) is 96.1 cm³/mol. The van der Waals surface area contributed by atoms with Crippen molar-refractivity contribution in [3.8, 4) is 0 Å². The largest absolute Gasteiger partial charge is 0.321 e. The number of aromatic nitrogens is 2. The molecule has 2 aromatic heterocycles. The first-order chi connectivity index (χ1) is 11.0. The van der Waals surface area contributed by atoms with E-state index < -0.39 is 0 Å². The lowest BCUT2D eigenvalue weighted by Crippen LogP contribution is -2.13. The molecule has 0 saturated carbocycles. The SMILES string of the molecule is Cc1cc(NC(=O)c2cncc(Br)c2)c2ccc(Cl)c(C)c2n1. The Hall–Kier alpha value is -1.98. The molecule has 2 heterocycles. The molecule has 0 unspecified atom stereocenters. The molecule has 0 aliphatic carbocycles. The van der Waals surface area contributed by atoms with E-state index in [4.69, 9.17) is 11.6 Å². The molecular weight excluding hydrogens is 378 g/mol. The van der Waals surface area contributed by atoms with Crippen LogP contribution in [0.2, 0.25) is 5.02 Å². The summed E-state index contributed by atoms with van der Waals surface area (Å²) in [7, 11) is 0. The second-order valence-corrected chi connectivity index (χ2v) is 6.55. The van der Waals surface area contributed by atoms with Crippen molar-refractivity contribution in [3.63, 3.8) is 0 Å². The second kappa shape index (κ2) is 6.26. The molecule has 0 radical (unpaired) electrons. The van der Waals surface area contributed by atoms with E-state index in [9.17, 15) is 4.79 Å². The number of fused-ring (bicyclic) bond motifs is 1. The smallest absolute Gasteiger partial charge is 0.257 e. The quantitative estimate of drug-likeness (QED) is 0.676. The van der Waals surface area contributed by atoms with Gasteiger partial charge in [-0.2, -0.15) is 0 Å². The van der Waals surface area contributed by atoms with Crippen molar-refractivity contribution in [2.45, 2.75) is 13.8 Å². The summed E-state index contributed by atoms with van der Waals surface area (Å²) >= 11 is 9.49. The van der Waals surface area contributed by atoms with Gasteiger partial charge >= 0.3 is 0 Å². The van der Waals surface area contributed by atoms with Crippen molar-refractivity contribution in [3.05, 3.63) is 63.0 Å². The van der Waals surface area contributed by atoms with Gasteiger partial charge in [-0.1, -0.05) is 11.6 Å². The molecule has 0 aliphatic rings. The maximum absolute atomic E-state index is 12.5. The van der Waals surface area contributed by atoms with Gasteiger partial charge in [-0.05, 0) is 59.6 Å². The third-order valence-corrected chi connectivity index (χ3v) is 4.35. The van der Waals surface area contributed by atoms with Gasteiger partial charge < -0.3 is 5.32 Å². The minimum atomic E-state index is -0.224. The molecule has 1 N–H and O–H groups in total. The highest BCUT2D eigenvalue weighted by atomic mass is 79.9. The first kappa shape index (κ1) is 15.9. The number of pyridine rings is 2. The number of anilines is 1. The van der Waals surface area contributed by atoms with Crippen LogP contribution in [0, 0.1) is 13.8 Å². The standard InChI is InChI=1S/C17H13BrClN3O/c1-9-5-15(13-3-4-14(19)10(2)16(13)21-9)22-17(23)11-6-12(18)8-20-7-11/h3-8H,1-2H3,(H,21,22,23). The van der Waals surface area contributed by atoms with E-state index in [0.29, 0.717) is 16.3 Å². The number of aryl methyl sites for hydroxylation is 2. The number of halogens is 2. The maximum atomic E-state index is 12.5. The van der Waals surface area contributed by atoms with Gasteiger partial charge in [0.2, 0.25) is 0 Å². The van der Waals surface area contributed by atoms with E-state index in [2.05, 4.69) is 31.2 Å². The molecule has 23 heavy (non-hydrogen) atoms. The Balaban J connectivity index is 2.06. The van der Waals surface area contributed by atoms with Crippen molar-refractivity contribution in [2.24, 2.45) is 0 Å². The van der Waals surface area contributed by atoms with Crippen LogP contribution in [-0.2, 0) is 0 Å². The minimum Gasteiger partial charge on any atom is -0.321 e. The van der Waals surface area contributed by atoms with Gasteiger partial charge in [0.25, 0.3) is 5.91 Å². The highest BCUT2D eigenvalue weighted by Crippen LogP contribution is 2.30. The van der Waals surface area contributed by atoms with Crippen LogP contribution in [0.25, 0.3) is 10.9 Å². The first-order valence-electron chi connectivity index (χ1n) is 6.94. The van der Waals surface area contributed by atoms with E-state index in [1.807, 2.05) is 32.0 Å². The number of rotatable bonds is 2. The van der Waals surface area contributed by atoms with Gasteiger partial charge in [0.1, 0.15) is 0 Å². The van der Waals surface area contributed by atoms with Crippen molar-refractivity contribution in [1.29, 1.82) is 0 Å². The van der Waals surface area contributed by atoms with E-state index in [1.165, 1.54) is 6.20 Å². The summed E-state index contributed by atoms with van der Waals surface area (Å²) in [6.45, 7) is 3.80. The molecule has 0 aliphatic heterocycles. The zero-order valence-corrected chi connectivity index (χ0v) is 14.9. The molecule has 1 aromatic carbocycles. The zero-order valence-electron chi connectivity index (χ0n) is 12.5. The summed E-state index contributed by atoms with van der Waals surface area (Å²) in [5.74, 6) is -0.224. The average Bonchev–Trinajstić information content (AvgIpc) is 2.51. The van der Waals surface area contributed by atoms with E-state index in [-0.39, 0.29) is 5.91 Å². The molecule has 1 amide bonds. The molecule has 0 spiro atoms. The van der Waals surface area contributed by atoms with Gasteiger partial charge in [-0.25, -0.2) is 0 Å². The maximum Gasteiger partial charge on any atom is 0.257 e. The Morgan fingerprint density at radius 2 is 2.00 bits per heavy atom. The number of hydrogen-bond acceptors (Lipinski definition) is 3. The first-order valence-corrected chi connectivity index (χ1v) is 8.11. The summed E-state index contributed by atoms with van der Waals surface area (Å²) < 4.78 is 0.753. The molecule has 3 aromatic rings. The van der Waals surface area contributed by atoms with Gasteiger partial charge in [-0.15, -0.1) is 0 Å². The van der Waals surface area contributed by atoms with Gasteiger partial charge in [0, 0.05) is 33.0 Å². The van der Waals surface area contributed by atoms with Crippen LogP contribution in [0.5, 0.6) is 0 Å². The molecular formula is C17H13BrClN3O. The fraction of sp³-hybridized carbons (Fsp3) is 0.118. The Bertz CT molecular complexity index is 927. The lowest BCUT2D eigenvalue weighted by Gasteiger charge is -2.12. The Kier molecular flexibility index (Phi) is 4.33. The number of amides is 1. The van der Waals surface area contributed by atoms with Crippen LogP contribution in [0.3, 0.4) is 0 Å². The number of nitrogens with one attached hydrogen (secondary N) is 1. The van der Waals surface area contributed by atoms with Crippen LogP contribution in [0.1, 0.15) is 21.6 Å². The lowest BCUT2D eigenvalue weighted by molar-refractivity contribution is 0.102. The van der Waals surface area contributed by atoms with E-state index in [0.717, 1.165) is 26.6 Å². The van der Waals surface area contributed by atoms with Gasteiger partial charge in [0.15, 0.2) is 0 Å². The molecule has 4 nitrogen and oxygen atoms in total. The number of carbonyl (C=O) groups excluding carboxylic acids is 1. The second-order valence-electron chi connectivity index (χ2n) is 5.23. The average molecular weight is 391 g/mol. The number of hydrogen-bond donors (Lipinski definition) is 1.